The number of hydrogen-bond acceptors (Lipinski definition) is 1. The molecule has 0 aromatic carbocycles. The summed E-state index contributed by atoms with van der Waals surface area (Å²) in [5, 5.41) is 0. The van der Waals surface area contributed by atoms with Crippen molar-refractivity contribution in [1.29, 1.82) is 0 Å². The van der Waals surface area contributed by atoms with Crippen molar-refractivity contribution >= 4 is 0 Å². The molecule has 0 bridgehead atoms. The SMILES string of the molecule is CCCCCCN(CCCCCCCCCCCCC(C)C)CCCCCCCCCCCCC(C)C. The van der Waals surface area contributed by atoms with Gasteiger partial charge < -0.3 is 4.90 Å². The molecular weight excluding hydrogens is 446 g/mol. The molecule has 1 heteroatoms. The molecule has 0 aromatic rings. The summed E-state index contributed by atoms with van der Waals surface area (Å²) in [5.74, 6) is 1.78. The fraction of sp³-hybridized carbons (Fsp3) is 1.00. The maximum absolute atomic E-state index is 2.82. The molecule has 0 fully saturated rings. The molecule has 0 radical (unpaired) electrons. The molecule has 0 aliphatic carbocycles. The highest BCUT2D eigenvalue weighted by Gasteiger charge is 2.05. The molecule has 0 saturated heterocycles. The second-order valence-electron chi connectivity index (χ2n) is 13.3. The van der Waals surface area contributed by atoms with Crippen molar-refractivity contribution in [1.82, 2.24) is 4.90 Å². The third-order valence-corrected chi connectivity index (χ3v) is 8.34. The van der Waals surface area contributed by atoms with E-state index in [1.807, 2.05) is 0 Å². The van der Waals surface area contributed by atoms with Gasteiger partial charge in [0.2, 0.25) is 0 Å². The van der Waals surface area contributed by atoms with Crippen LogP contribution in [0, 0.1) is 11.8 Å². The van der Waals surface area contributed by atoms with Crippen molar-refractivity contribution in [2.24, 2.45) is 11.8 Å². The standard InChI is InChI=1S/C36H75N/c1-6-7-8-27-32-37(33-28-23-19-15-11-9-13-17-21-25-30-35(2)3)34-29-24-20-16-12-10-14-18-22-26-31-36(4)5/h35-36H,6-34H2,1-5H3. The normalized spacial score (nSPS) is 12.0. The van der Waals surface area contributed by atoms with Crippen LogP contribution in [0.5, 0.6) is 0 Å². The molecule has 0 spiro atoms. The zero-order valence-corrected chi connectivity index (χ0v) is 27.1. The van der Waals surface area contributed by atoms with Gasteiger partial charge in [0.05, 0.1) is 0 Å². The van der Waals surface area contributed by atoms with Gasteiger partial charge in [0.15, 0.2) is 0 Å². The van der Waals surface area contributed by atoms with E-state index in [9.17, 15) is 0 Å². The van der Waals surface area contributed by atoms with Crippen molar-refractivity contribution < 1.29 is 0 Å². The summed E-state index contributed by atoms with van der Waals surface area (Å²) in [5.41, 5.74) is 0. The maximum Gasteiger partial charge on any atom is -0.00187 e. The molecule has 224 valence electrons. The molecule has 0 unspecified atom stereocenters. The van der Waals surface area contributed by atoms with Gasteiger partial charge >= 0.3 is 0 Å². The third kappa shape index (κ3) is 32.1. The monoisotopic (exact) mass is 522 g/mol. The second kappa shape index (κ2) is 30.5. The van der Waals surface area contributed by atoms with Crippen LogP contribution in [0.25, 0.3) is 0 Å². The van der Waals surface area contributed by atoms with Crippen LogP contribution in [0.2, 0.25) is 0 Å². The van der Waals surface area contributed by atoms with Crippen LogP contribution in [0.15, 0.2) is 0 Å². The summed E-state index contributed by atoms with van der Waals surface area (Å²) in [6.07, 6.45) is 37.7. The van der Waals surface area contributed by atoms with E-state index >= 15 is 0 Å². The summed E-state index contributed by atoms with van der Waals surface area (Å²) in [7, 11) is 0. The highest BCUT2D eigenvalue weighted by molar-refractivity contribution is 4.61. The minimum atomic E-state index is 0.890. The van der Waals surface area contributed by atoms with Crippen molar-refractivity contribution in [3.63, 3.8) is 0 Å². The van der Waals surface area contributed by atoms with Gasteiger partial charge in [-0.3, -0.25) is 0 Å². The van der Waals surface area contributed by atoms with E-state index in [4.69, 9.17) is 0 Å². The van der Waals surface area contributed by atoms with Gasteiger partial charge in [-0.1, -0.05) is 182 Å². The van der Waals surface area contributed by atoms with E-state index in [-0.39, 0.29) is 0 Å². The first-order valence-corrected chi connectivity index (χ1v) is 17.8. The summed E-state index contributed by atoms with van der Waals surface area (Å²) in [6.45, 7) is 15.8. The average Bonchev–Trinajstić information content (AvgIpc) is 2.86. The molecule has 0 N–H and O–H groups in total. The first kappa shape index (κ1) is 37.0. The Morgan fingerprint density at radius 2 is 0.568 bits per heavy atom. The van der Waals surface area contributed by atoms with Gasteiger partial charge in [-0.05, 0) is 50.7 Å². The summed E-state index contributed by atoms with van der Waals surface area (Å²) >= 11 is 0. The maximum atomic E-state index is 2.82. The van der Waals surface area contributed by atoms with E-state index in [2.05, 4.69) is 39.5 Å². The number of hydrogen-bond donors (Lipinski definition) is 0. The first-order chi connectivity index (χ1) is 18.1. The van der Waals surface area contributed by atoms with Gasteiger partial charge in [-0.25, -0.2) is 0 Å². The van der Waals surface area contributed by atoms with Crippen molar-refractivity contribution in [3.8, 4) is 0 Å². The molecule has 1 nitrogen and oxygen atoms in total. The Balaban J connectivity index is 3.67. The average molecular weight is 522 g/mol. The molecule has 0 saturated carbocycles. The molecular formula is C36H75N. The Kier molecular flexibility index (Phi) is 30.5. The van der Waals surface area contributed by atoms with Crippen molar-refractivity contribution in [2.45, 2.75) is 202 Å². The minimum Gasteiger partial charge on any atom is -0.303 e. The summed E-state index contributed by atoms with van der Waals surface area (Å²) in [4.78, 5) is 2.82. The third-order valence-electron chi connectivity index (χ3n) is 8.34. The van der Waals surface area contributed by atoms with Crippen LogP contribution < -0.4 is 0 Å². The predicted molar refractivity (Wildman–Crippen MR) is 172 cm³/mol. The Morgan fingerprint density at radius 3 is 0.838 bits per heavy atom. The highest BCUT2D eigenvalue weighted by Crippen LogP contribution is 2.15. The van der Waals surface area contributed by atoms with E-state index < -0.39 is 0 Å². The smallest absolute Gasteiger partial charge is 0.00187 e. The Hall–Kier alpha value is -0.0400. The summed E-state index contributed by atoms with van der Waals surface area (Å²) in [6, 6.07) is 0. The molecule has 0 aliphatic heterocycles. The minimum absolute atomic E-state index is 0.890. The molecule has 37 heavy (non-hydrogen) atoms. The van der Waals surface area contributed by atoms with Crippen LogP contribution in [0.1, 0.15) is 202 Å². The fourth-order valence-corrected chi connectivity index (χ4v) is 5.70. The first-order valence-electron chi connectivity index (χ1n) is 17.8. The number of nitrogens with zero attached hydrogens (tertiary/aromatic N) is 1. The number of unbranched alkanes of at least 4 members (excludes halogenated alkanes) is 21. The second-order valence-corrected chi connectivity index (χ2v) is 13.3. The van der Waals surface area contributed by atoms with Gasteiger partial charge in [-0.2, -0.15) is 0 Å². The predicted octanol–water partition coefficient (Wildman–Crippen LogP) is 12.8. The lowest BCUT2D eigenvalue weighted by Crippen LogP contribution is -2.27. The molecule has 0 aliphatic rings. The lowest BCUT2D eigenvalue weighted by atomic mass is 10.0. The van der Waals surface area contributed by atoms with E-state index in [1.54, 1.807) is 0 Å². The van der Waals surface area contributed by atoms with Gasteiger partial charge in [0.25, 0.3) is 0 Å². The van der Waals surface area contributed by atoms with E-state index in [0.717, 1.165) is 11.8 Å². The van der Waals surface area contributed by atoms with Gasteiger partial charge in [-0.15, -0.1) is 0 Å². The Morgan fingerprint density at radius 1 is 0.324 bits per heavy atom. The van der Waals surface area contributed by atoms with Crippen LogP contribution >= 0.6 is 0 Å². The zero-order chi connectivity index (χ0) is 27.2. The largest absolute Gasteiger partial charge is 0.303 e. The lowest BCUT2D eigenvalue weighted by molar-refractivity contribution is 0.254. The molecule has 0 heterocycles. The molecule has 0 atom stereocenters. The van der Waals surface area contributed by atoms with Crippen LogP contribution in [-0.2, 0) is 0 Å². The van der Waals surface area contributed by atoms with Gasteiger partial charge in [0.1, 0.15) is 0 Å². The van der Waals surface area contributed by atoms with Crippen LogP contribution in [0.4, 0.5) is 0 Å². The van der Waals surface area contributed by atoms with E-state index in [0.29, 0.717) is 0 Å². The van der Waals surface area contributed by atoms with Crippen LogP contribution in [-0.4, -0.2) is 24.5 Å². The van der Waals surface area contributed by atoms with Gasteiger partial charge in [0, 0.05) is 0 Å². The quantitative estimate of drug-likeness (QED) is 0.0820. The van der Waals surface area contributed by atoms with Crippen LogP contribution in [0.3, 0.4) is 0 Å². The Bertz CT molecular complexity index is 369. The highest BCUT2D eigenvalue weighted by atomic mass is 15.1. The lowest BCUT2D eigenvalue weighted by Gasteiger charge is -2.22. The fourth-order valence-electron chi connectivity index (χ4n) is 5.70. The van der Waals surface area contributed by atoms with Crippen molar-refractivity contribution in [2.75, 3.05) is 19.6 Å². The Labute approximate surface area is 237 Å². The number of rotatable bonds is 31. The molecule has 0 amide bonds. The molecule has 0 rings (SSSR count). The van der Waals surface area contributed by atoms with E-state index in [1.165, 1.54) is 187 Å². The topological polar surface area (TPSA) is 3.24 Å². The molecule has 0 aromatic heterocycles. The zero-order valence-electron chi connectivity index (χ0n) is 27.1. The summed E-state index contributed by atoms with van der Waals surface area (Å²) < 4.78 is 0. The van der Waals surface area contributed by atoms with Crippen molar-refractivity contribution in [3.05, 3.63) is 0 Å².